The number of nitrogens with zero attached hydrogens (tertiary/aromatic N) is 2. The van der Waals surface area contributed by atoms with Crippen LogP contribution >= 0.6 is 0 Å². The molecule has 1 N–H and O–H groups in total. The Hall–Kier alpha value is -1.48. The van der Waals surface area contributed by atoms with Crippen molar-refractivity contribution in [2.45, 2.75) is 45.6 Å². The maximum absolute atomic E-state index is 4.76. The van der Waals surface area contributed by atoms with Crippen LogP contribution in [0.5, 0.6) is 0 Å². The molecule has 19 heavy (non-hydrogen) atoms. The second kappa shape index (κ2) is 7.19. The van der Waals surface area contributed by atoms with Gasteiger partial charge in [-0.15, -0.1) is 0 Å². The minimum atomic E-state index is 0.331. The van der Waals surface area contributed by atoms with Gasteiger partial charge in [0.2, 0.25) is 0 Å². The van der Waals surface area contributed by atoms with Crippen molar-refractivity contribution in [1.82, 2.24) is 15.3 Å². The van der Waals surface area contributed by atoms with Crippen LogP contribution in [0.2, 0.25) is 0 Å². The number of hydrogen-bond donors (Lipinski definition) is 1. The topological polar surface area (TPSA) is 37.8 Å². The Morgan fingerprint density at radius 3 is 2.63 bits per heavy atom. The Bertz CT molecular complexity index is 502. The lowest BCUT2D eigenvalue weighted by atomic mass is 10.1. The largest absolute Gasteiger partial charge is 0.309 e. The molecule has 1 aromatic heterocycles. The number of rotatable bonds is 7. The molecule has 1 atom stereocenters. The number of unbranched alkanes of at least 4 members (excludes halogenated alkanes) is 1. The Labute approximate surface area is 115 Å². The smallest absolute Gasteiger partial charge is 0.0890 e. The summed E-state index contributed by atoms with van der Waals surface area (Å²) in [6.07, 6.45) is 6.62. The average Bonchev–Trinajstić information content (AvgIpc) is 2.47. The van der Waals surface area contributed by atoms with Gasteiger partial charge >= 0.3 is 0 Å². The first-order valence-corrected chi connectivity index (χ1v) is 7.30. The number of hydrogen-bond acceptors (Lipinski definition) is 3. The predicted molar refractivity (Wildman–Crippen MR) is 80.1 cm³/mol. The third-order valence-corrected chi connectivity index (χ3v) is 3.31. The van der Waals surface area contributed by atoms with Crippen LogP contribution in [0.1, 0.15) is 51.3 Å². The predicted octanol–water partition coefficient (Wildman–Crippen LogP) is 3.86. The number of aromatic nitrogens is 2. The molecule has 0 amide bonds. The second-order valence-corrected chi connectivity index (χ2v) is 4.93. The highest BCUT2D eigenvalue weighted by Gasteiger charge is 2.12. The van der Waals surface area contributed by atoms with Crippen molar-refractivity contribution in [2.75, 3.05) is 6.54 Å². The molecule has 1 aromatic carbocycles. The van der Waals surface area contributed by atoms with Crippen LogP contribution in [0.15, 0.2) is 30.5 Å². The fraction of sp³-hybridized carbons (Fsp3) is 0.500. The molecule has 0 saturated heterocycles. The van der Waals surface area contributed by atoms with Crippen molar-refractivity contribution in [3.63, 3.8) is 0 Å². The molecule has 102 valence electrons. The van der Waals surface area contributed by atoms with Crippen LogP contribution in [0.25, 0.3) is 11.0 Å². The molecule has 1 heterocycles. The van der Waals surface area contributed by atoms with E-state index in [2.05, 4.69) is 24.1 Å². The molecule has 0 saturated carbocycles. The van der Waals surface area contributed by atoms with E-state index in [9.17, 15) is 0 Å². The van der Waals surface area contributed by atoms with Crippen LogP contribution in [-0.2, 0) is 0 Å². The number of benzene rings is 1. The van der Waals surface area contributed by atoms with E-state index in [0.717, 1.165) is 36.1 Å². The zero-order chi connectivity index (χ0) is 13.5. The summed E-state index contributed by atoms with van der Waals surface area (Å²) < 4.78 is 0. The van der Waals surface area contributed by atoms with Gasteiger partial charge in [-0.25, -0.2) is 4.98 Å². The number of fused-ring (bicyclic) bond motifs is 1. The fourth-order valence-corrected chi connectivity index (χ4v) is 2.22. The summed E-state index contributed by atoms with van der Waals surface area (Å²) in [6.45, 7) is 5.45. The highest BCUT2D eigenvalue weighted by atomic mass is 14.9. The molecule has 2 rings (SSSR count). The molecule has 3 heteroatoms. The van der Waals surface area contributed by atoms with E-state index in [1.165, 1.54) is 12.8 Å². The molecule has 0 aliphatic rings. The quantitative estimate of drug-likeness (QED) is 0.818. The lowest BCUT2D eigenvalue weighted by molar-refractivity contribution is 0.472. The van der Waals surface area contributed by atoms with Crippen molar-refractivity contribution in [3.8, 4) is 0 Å². The number of nitrogens with one attached hydrogen (secondary N) is 1. The molecule has 0 fully saturated rings. The highest BCUT2D eigenvalue weighted by molar-refractivity contribution is 5.73. The van der Waals surface area contributed by atoms with Gasteiger partial charge in [0.05, 0.1) is 29.0 Å². The van der Waals surface area contributed by atoms with E-state index in [0.29, 0.717) is 6.04 Å². The van der Waals surface area contributed by atoms with E-state index >= 15 is 0 Å². The molecule has 1 unspecified atom stereocenters. The molecular formula is C16H23N3. The fourth-order valence-electron chi connectivity index (χ4n) is 2.22. The Balaban J connectivity index is 2.21. The molecule has 0 bridgehead atoms. The maximum atomic E-state index is 4.76. The lowest BCUT2D eigenvalue weighted by Gasteiger charge is -2.17. The summed E-state index contributed by atoms with van der Waals surface area (Å²) in [7, 11) is 0. The molecule has 2 aromatic rings. The van der Waals surface area contributed by atoms with Crippen LogP contribution in [0.3, 0.4) is 0 Å². The van der Waals surface area contributed by atoms with Crippen molar-refractivity contribution < 1.29 is 0 Å². The first-order chi connectivity index (χ1) is 9.35. The van der Waals surface area contributed by atoms with E-state index in [4.69, 9.17) is 4.98 Å². The van der Waals surface area contributed by atoms with Gasteiger partial charge in [0.25, 0.3) is 0 Å². The van der Waals surface area contributed by atoms with Gasteiger partial charge in [0.15, 0.2) is 0 Å². The molecule has 0 aliphatic heterocycles. The minimum Gasteiger partial charge on any atom is -0.309 e. The molecule has 0 aliphatic carbocycles. The van der Waals surface area contributed by atoms with E-state index in [1.54, 1.807) is 0 Å². The highest BCUT2D eigenvalue weighted by Crippen LogP contribution is 2.19. The van der Waals surface area contributed by atoms with Gasteiger partial charge < -0.3 is 5.32 Å². The van der Waals surface area contributed by atoms with Crippen LogP contribution in [-0.4, -0.2) is 16.5 Å². The van der Waals surface area contributed by atoms with Crippen LogP contribution in [0, 0.1) is 0 Å². The molecule has 0 radical (unpaired) electrons. The summed E-state index contributed by atoms with van der Waals surface area (Å²) in [5.74, 6) is 0. The normalized spacial score (nSPS) is 12.7. The maximum Gasteiger partial charge on any atom is 0.0890 e. The molecular weight excluding hydrogens is 234 g/mol. The Morgan fingerprint density at radius 2 is 1.89 bits per heavy atom. The van der Waals surface area contributed by atoms with E-state index in [1.807, 2.05) is 30.5 Å². The third-order valence-electron chi connectivity index (χ3n) is 3.31. The van der Waals surface area contributed by atoms with Crippen molar-refractivity contribution in [1.29, 1.82) is 0 Å². The zero-order valence-electron chi connectivity index (χ0n) is 11.9. The summed E-state index contributed by atoms with van der Waals surface area (Å²) in [6, 6.07) is 8.38. The van der Waals surface area contributed by atoms with Gasteiger partial charge in [-0.2, -0.15) is 0 Å². The SMILES string of the molecule is CCCCC(NCCC)c1cnc2ccccc2n1. The average molecular weight is 257 g/mol. The molecule has 0 spiro atoms. The first kappa shape index (κ1) is 13.9. The van der Waals surface area contributed by atoms with Crippen molar-refractivity contribution in [2.24, 2.45) is 0 Å². The summed E-state index contributed by atoms with van der Waals surface area (Å²) in [5, 5.41) is 3.58. The van der Waals surface area contributed by atoms with Gasteiger partial charge in [0.1, 0.15) is 0 Å². The Kier molecular flexibility index (Phi) is 5.28. The van der Waals surface area contributed by atoms with Crippen LogP contribution in [0.4, 0.5) is 0 Å². The van der Waals surface area contributed by atoms with Gasteiger partial charge in [0, 0.05) is 0 Å². The molecule has 3 nitrogen and oxygen atoms in total. The minimum absolute atomic E-state index is 0.331. The monoisotopic (exact) mass is 257 g/mol. The van der Waals surface area contributed by atoms with Crippen molar-refractivity contribution in [3.05, 3.63) is 36.2 Å². The summed E-state index contributed by atoms with van der Waals surface area (Å²) in [5.41, 5.74) is 3.02. The van der Waals surface area contributed by atoms with Gasteiger partial charge in [-0.1, -0.05) is 38.8 Å². The second-order valence-electron chi connectivity index (χ2n) is 4.93. The first-order valence-electron chi connectivity index (χ1n) is 7.30. The standard InChI is InChI=1S/C16H23N3/c1-3-5-8-14(17-11-4-2)16-12-18-13-9-6-7-10-15(13)19-16/h6-7,9-10,12,14,17H,3-5,8,11H2,1-2H3. The lowest BCUT2D eigenvalue weighted by Crippen LogP contribution is -2.23. The van der Waals surface area contributed by atoms with Gasteiger partial charge in [-0.05, 0) is 31.5 Å². The van der Waals surface area contributed by atoms with E-state index < -0.39 is 0 Å². The Morgan fingerprint density at radius 1 is 1.11 bits per heavy atom. The number of para-hydroxylation sites is 2. The third kappa shape index (κ3) is 3.74. The van der Waals surface area contributed by atoms with Crippen molar-refractivity contribution >= 4 is 11.0 Å². The van der Waals surface area contributed by atoms with Gasteiger partial charge in [-0.3, -0.25) is 4.98 Å². The van der Waals surface area contributed by atoms with E-state index in [-0.39, 0.29) is 0 Å². The zero-order valence-corrected chi connectivity index (χ0v) is 11.9. The summed E-state index contributed by atoms with van der Waals surface area (Å²) in [4.78, 5) is 9.27. The summed E-state index contributed by atoms with van der Waals surface area (Å²) >= 11 is 0. The van der Waals surface area contributed by atoms with Crippen LogP contribution < -0.4 is 5.32 Å².